The Balaban J connectivity index is 1.75. The Morgan fingerprint density at radius 1 is 1.14 bits per heavy atom. The highest BCUT2D eigenvalue weighted by Gasteiger charge is 2.19. The monoisotopic (exact) mass is 424 g/mol. The molecule has 0 fully saturated rings. The van der Waals surface area contributed by atoms with Crippen molar-refractivity contribution in [2.75, 3.05) is 30.8 Å². The lowest BCUT2D eigenvalue weighted by molar-refractivity contribution is 0.0940. The van der Waals surface area contributed by atoms with E-state index in [1.54, 1.807) is 0 Å². The number of ether oxygens (including phenoxy) is 2. The van der Waals surface area contributed by atoms with Gasteiger partial charge in [-0.25, -0.2) is 8.42 Å². The molecular weight excluding hydrogens is 404 g/mol. The first-order valence-corrected chi connectivity index (χ1v) is 10.8. The van der Waals surface area contributed by atoms with Gasteiger partial charge >= 0.3 is 0 Å². The summed E-state index contributed by atoms with van der Waals surface area (Å²) in [6.07, 6.45) is 1.09. The first-order valence-electron chi connectivity index (χ1n) is 8.60. The van der Waals surface area contributed by atoms with Crippen LogP contribution in [0.15, 0.2) is 36.4 Å². The Bertz CT molecular complexity index is 1010. The third kappa shape index (κ3) is 4.34. The smallest absolute Gasteiger partial charge is 0.253 e. The maximum Gasteiger partial charge on any atom is 0.253 e. The molecule has 9 heteroatoms. The number of hydrogen-bond acceptors (Lipinski definition) is 5. The fraction of sp³-hybridized carbons (Fsp3) is 0.316. The quantitative estimate of drug-likeness (QED) is 0.797. The van der Waals surface area contributed by atoms with Crippen LogP contribution < -0.4 is 19.1 Å². The molecule has 1 N–H and O–H groups in total. The number of rotatable bonds is 5. The molecule has 2 aromatic rings. The van der Waals surface area contributed by atoms with Gasteiger partial charge in [0.15, 0.2) is 11.5 Å². The van der Waals surface area contributed by atoms with E-state index < -0.39 is 10.0 Å². The lowest BCUT2D eigenvalue weighted by atomic mass is 10.1. The summed E-state index contributed by atoms with van der Waals surface area (Å²) in [4.78, 5) is 12.6. The van der Waals surface area contributed by atoms with Gasteiger partial charge in [0.25, 0.3) is 5.91 Å². The van der Waals surface area contributed by atoms with Gasteiger partial charge in [0, 0.05) is 7.05 Å². The molecule has 0 bridgehead atoms. The minimum atomic E-state index is -3.42. The molecule has 0 saturated heterocycles. The molecule has 1 unspecified atom stereocenters. The summed E-state index contributed by atoms with van der Waals surface area (Å²) in [5.41, 5.74) is 1.50. The minimum absolute atomic E-state index is 0.167. The third-order valence-corrected chi connectivity index (χ3v) is 5.99. The van der Waals surface area contributed by atoms with E-state index >= 15 is 0 Å². The Morgan fingerprint density at radius 3 is 2.46 bits per heavy atom. The molecule has 0 spiro atoms. The van der Waals surface area contributed by atoms with E-state index in [9.17, 15) is 13.2 Å². The lowest BCUT2D eigenvalue weighted by Gasteiger charge is -2.21. The molecule has 1 amide bonds. The van der Waals surface area contributed by atoms with Crippen LogP contribution >= 0.6 is 11.6 Å². The zero-order valence-electron chi connectivity index (χ0n) is 15.7. The summed E-state index contributed by atoms with van der Waals surface area (Å²) in [6.45, 7) is 2.85. The van der Waals surface area contributed by atoms with Crippen LogP contribution in [0.2, 0.25) is 5.02 Å². The van der Waals surface area contributed by atoms with Crippen molar-refractivity contribution in [2.24, 2.45) is 0 Å². The molecule has 2 aromatic carbocycles. The van der Waals surface area contributed by atoms with E-state index in [1.165, 1.54) is 25.2 Å². The van der Waals surface area contributed by atoms with Gasteiger partial charge < -0.3 is 14.8 Å². The Hall–Kier alpha value is -2.45. The Kier molecular flexibility index (Phi) is 5.71. The van der Waals surface area contributed by atoms with Gasteiger partial charge in [-0.2, -0.15) is 0 Å². The van der Waals surface area contributed by atoms with Gasteiger partial charge in [-0.1, -0.05) is 17.7 Å². The molecule has 1 aliphatic heterocycles. The number of carbonyl (C=O) groups excluding carboxylic acids is 1. The largest absolute Gasteiger partial charge is 0.486 e. The van der Waals surface area contributed by atoms with Crippen LogP contribution in [-0.4, -0.2) is 40.8 Å². The van der Waals surface area contributed by atoms with Crippen LogP contribution in [0, 0.1) is 0 Å². The SMILES string of the molecule is CC(NC(=O)c1ccc(N(C)S(C)(=O)=O)cc1Cl)c1ccc2c(c1)OCCO2. The van der Waals surface area contributed by atoms with E-state index in [-0.39, 0.29) is 22.5 Å². The summed E-state index contributed by atoms with van der Waals surface area (Å²) in [6, 6.07) is 9.72. The molecule has 28 heavy (non-hydrogen) atoms. The lowest BCUT2D eigenvalue weighted by Crippen LogP contribution is -2.28. The first kappa shape index (κ1) is 20.3. The van der Waals surface area contributed by atoms with Gasteiger partial charge in [0.1, 0.15) is 13.2 Å². The number of fused-ring (bicyclic) bond motifs is 1. The van der Waals surface area contributed by atoms with Crippen molar-refractivity contribution in [3.8, 4) is 11.5 Å². The van der Waals surface area contributed by atoms with E-state index in [0.29, 0.717) is 30.4 Å². The fourth-order valence-corrected chi connectivity index (χ4v) is 3.52. The van der Waals surface area contributed by atoms with Crippen molar-refractivity contribution in [2.45, 2.75) is 13.0 Å². The molecule has 3 rings (SSSR count). The number of benzene rings is 2. The minimum Gasteiger partial charge on any atom is -0.486 e. The summed E-state index contributed by atoms with van der Waals surface area (Å²) in [5, 5.41) is 3.05. The molecule has 0 aromatic heterocycles. The van der Waals surface area contributed by atoms with Crippen molar-refractivity contribution in [3.05, 3.63) is 52.5 Å². The van der Waals surface area contributed by atoms with Crippen molar-refractivity contribution in [3.63, 3.8) is 0 Å². The second-order valence-electron chi connectivity index (χ2n) is 6.49. The van der Waals surface area contributed by atoms with Crippen LogP contribution in [0.3, 0.4) is 0 Å². The number of halogens is 1. The molecule has 1 aliphatic rings. The highest BCUT2D eigenvalue weighted by Crippen LogP contribution is 2.33. The predicted molar refractivity (Wildman–Crippen MR) is 108 cm³/mol. The number of nitrogens with one attached hydrogen (secondary N) is 1. The first-order chi connectivity index (χ1) is 13.2. The predicted octanol–water partition coefficient (Wildman–Crippen LogP) is 3.00. The van der Waals surface area contributed by atoms with Crippen LogP contribution in [0.5, 0.6) is 11.5 Å². The van der Waals surface area contributed by atoms with Crippen molar-refractivity contribution in [1.29, 1.82) is 0 Å². The molecule has 0 aliphatic carbocycles. The van der Waals surface area contributed by atoms with Crippen molar-refractivity contribution >= 4 is 33.2 Å². The second-order valence-corrected chi connectivity index (χ2v) is 8.91. The fourth-order valence-electron chi connectivity index (χ4n) is 2.76. The third-order valence-electron chi connectivity index (χ3n) is 4.47. The summed E-state index contributed by atoms with van der Waals surface area (Å²) in [7, 11) is -2.00. The Labute approximate surface area is 169 Å². The zero-order chi connectivity index (χ0) is 20.5. The molecular formula is C19H21ClN2O5S. The highest BCUT2D eigenvalue weighted by atomic mass is 35.5. The topological polar surface area (TPSA) is 84.9 Å². The van der Waals surface area contributed by atoms with Gasteiger partial charge in [-0.15, -0.1) is 0 Å². The number of carbonyl (C=O) groups is 1. The highest BCUT2D eigenvalue weighted by molar-refractivity contribution is 7.92. The van der Waals surface area contributed by atoms with Gasteiger partial charge in [0.2, 0.25) is 10.0 Å². The average molecular weight is 425 g/mol. The number of anilines is 1. The van der Waals surface area contributed by atoms with Crippen molar-refractivity contribution < 1.29 is 22.7 Å². The molecule has 150 valence electrons. The summed E-state index contributed by atoms with van der Waals surface area (Å²) < 4.78 is 35.5. The summed E-state index contributed by atoms with van der Waals surface area (Å²) in [5.74, 6) is 0.971. The van der Waals surface area contributed by atoms with Crippen LogP contribution in [0.25, 0.3) is 0 Å². The van der Waals surface area contributed by atoms with E-state index in [2.05, 4.69) is 5.32 Å². The molecule has 0 saturated carbocycles. The maximum atomic E-state index is 12.6. The van der Waals surface area contributed by atoms with Crippen LogP contribution in [0.4, 0.5) is 5.69 Å². The van der Waals surface area contributed by atoms with E-state index in [1.807, 2.05) is 25.1 Å². The number of sulfonamides is 1. The molecule has 0 radical (unpaired) electrons. The molecule has 7 nitrogen and oxygen atoms in total. The average Bonchev–Trinajstić information content (AvgIpc) is 2.66. The van der Waals surface area contributed by atoms with Crippen LogP contribution in [-0.2, 0) is 10.0 Å². The zero-order valence-corrected chi connectivity index (χ0v) is 17.3. The number of nitrogens with zero attached hydrogens (tertiary/aromatic N) is 1. The van der Waals surface area contributed by atoms with Gasteiger partial charge in [-0.3, -0.25) is 9.10 Å². The van der Waals surface area contributed by atoms with Gasteiger partial charge in [0.05, 0.1) is 28.6 Å². The normalized spacial score (nSPS) is 14.3. The van der Waals surface area contributed by atoms with E-state index in [4.69, 9.17) is 21.1 Å². The standard InChI is InChI=1S/C19H21ClN2O5S/c1-12(13-4-7-17-18(10-13)27-9-8-26-17)21-19(23)15-6-5-14(11-16(15)20)22(2)28(3,24)25/h4-7,10-12H,8-9H2,1-3H3,(H,21,23). The summed E-state index contributed by atoms with van der Waals surface area (Å²) >= 11 is 6.22. The number of amides is 1. The van der Waals surface area contributed by atoms with E-state index in [0.717, 1.165) is 16.1 Å². The van der Waals surface area contributed by atoms with Gasteiger partial charge in [-0.05, 0) is 42.8 Å². The molecule has 1 heterocycles. The second kappa shape index (κ2) is 7.89. The molecule has 1 atom stereocenters. The maximum absolute atomic E-state index is 12.6. The van der Waals surface area contributed by atoms with Crippen molar-refractivity contribution in [1.82, 2.24) is 5.32 Å². The van der Waals surface area contributed by atoms with Crippen LogP contribution in [0.1, 0.15) is 28.9 Å². The number of hydrogen-bond donors (Lipinski definition) is 1. The Morgan fingerprint density at radius 2 is 1.82 bits per heavy atom.